The molecule has 1 aliphatic heterocycles. The number of amides is 1. The van der Waals surface area contributed by atoms with Crippen molar-refractivity contribution in [1.82, 2.24) is 4.98 Å². The van der Waals surface area contributed by atoms with Crippen LogP contribution in [0.25, 0.3) is 10.9 Å². The number of fused-ring (bicyclic) bond motifs is 1. The maximum absolute atomic E-state index is 12.9. The molecule has 1 aliphatic rings. The van der Waals surface area contributed by atoms with Gasteiger partial charge in [0.25, 0.3) is 5.91 Å². The molecular formula is C24H25N3O4. The molecule has 0 unspecified atom stereocenters. The monoisotopic (exact) mass is 419 g/mol. The number of benzene rings is 2. The fourth-order valence-corrected chi connectivity index (χ4v) is 3.74. The van der Waals surface area contributed by atoms with Crippen LogP contribution in [0.1, 0.15) is 28.8 Å². The minimum atomic E-state index is -0.563. The summed E-state index contributed by atoms with van der Waals surface area (Å²) in [5.41, 5.74) is 2.71. The van der Waals surface area contributed by atoms with Gasteiger partial charge in [-0.15, -0.1) is 0 Å². The molecule has 2 aromatic carbocycles. The van der Waals surface area contributed by atoms with Gasteiger partial charge in [-0.1, -0.05) is 24.3 Å². The first kappa shape index (κ1) is 20.7. The highest BCUT2D eigenvalue weighted by molar-refractivity contribution is 6.01. The number of rotatable bonds is 6. The summed E-state index contributed by atoms with van der Waals surface area (Å²) >= 11 is 0. The van der Waals surface area contributed by atoms with Crippen molar-refractivity contribution in [2.24, 2.45) is 0 Å². The second kappa shape index (κ2) is 9.04. The average Bonchev–Trinajstić information content (AvgIpc) is 3.31. The molecule has 1 fully saturated rings. The van der Waals surface area contributed by atoms with Gasteiger partial charge in [0.1, 0.15) is 17.1 Å². The largest absolute Gasteiger partial charge is 0.495 e. The number of methoxy groups -OCH3 is 1. The lowest BCUT2D eigenvalue weighted by Crippen LogP contribution is -2.25. The van der Waals surface area contributed by atoms with Crippen LogP contribution >= 0.6 is 0 Å². The van der Waals surface area contributed by atoms with E-state index in [0.717, 1.165) is 42.4 Å². The van der Waals surface area contributed by atoms with Gasteiger partial charge in [0, 0.05) is 18.5 Å². The second-order valence-corrected chi connectivity index (χ2v) is 7.57. The Labute approximate surface area is 181 Å². The summed E-state index contributed by atoms with van der Waals surface area (Å²) in [6.45, 7) is 3.21. The van der Waals surface area contributed by atoms with Crippen LogP contribution in [0.5, 0.6) is 5.75 Å². The first-order valence-electron chi connectivity index (χ1n) is 10.3. The van der Waals surface area contributed by atoms with Crippen molar-refractivity contribution >= 4 is 34.3 Å². The predicted octanol–water partition coefficient (Wildman–Crippen LogP) is 3.95. The van der Waals surface area contributed by atoms with Gasteiger partial charge in [-0.25, -0.2) is 9.78 Å². The molecule has 0 atom stereocenters. The van der Waals surface area contributed by atoms with Gasteiger partial charge in [0.05, 0.1) is 18.3 Å². The molecule has 7 heteroatoms. The van der Waals surface area contributed by atoms with Crippen molar-refractivity contribution < 1.29 is 19.1 Å². The molecule has 0 radical (unpaired) electrons. The van der Waals surface area contributed by atoms with Crippen LogP contribution in [0.4, 0.5) is 11.5 Å². The number of nitrogens with zero attached hydrogens (tertiary/aromatic N) is 2. The molecule has 0 spiro atoms. The Balaban J connectivity index is 1.51. The number of hydrogen-bond acceptors (Lipinski definition) is 6. The quantitative estimate of drug-likeness (QED) is 0.610. The molecule has 1 aromatic heterocycles. The number of carbonyl (C=O) groups is 2. The number of para-hydroxylation sites is 1. The summed E-state index contributed by atoms with van der Waals surface area (Å²) in [6, 6.07) is 14.9. The number of aromatic nitrogens is 1. The van der Waals surface area contributed by atoms with Gasteiger partial charge in [0.2, 0.25) is 0 Å². The summed E-state index contributed by atoms with van der Waals surface area (Å²) in [4.78, 5) is 32.1. The Kier molecular flexibility index (Phi) is 6.02. The van der Waals surface area contributed by atoms with Crippen LogP contribution in [-0.2, 0) is 9.53 Å². The number of carbonyl (C=O) groups excluding carboxylic acids is 2. The van der Waals surface area contributed by atoms with E-state index >= 15 is 0 Å². The van der Waals surface area contributed by atoms with Gasteiger partial charge in [-0.2, -0.15) is 0 Å². The van der Waals surface area contributed by atoms with Crippen molar-refractivity contribution in [3.63, 3.8) is 0 Å². The molecule has 160 valence electrons. The maximum atomic E-state index is 12.9. The lowest BCUT2D eigenvalue weighted by atomic mass is 10.1. The van der Waals surface area contributed by atoms with E-state index in [4.69, 9.17) is 14.5 Å². The Morgan fingerprint density at radius 3 is 2.65 bits per heavy atom. The van der Waals surface area contributed by atoms with Crippen LogP contribution < -0.4 is 15.0 Å². The zero-order valence-corrected chi connectivity index (χ0v) is 17.7. The van der Waals surface area contributed by atoms with Crippen molar-refractivity contribution in [2.75, 3.05) is 37.0 Å². The van der Waals surface area contributed by atoms with Crippen LogP contribution in [0.15, 0.2) is 48.5 Å². The number of anilines is 2. The topological polar surface area (TPSA) is 80.8 Å². The highest BCUT2D eigenvalue weighted by Gasteiger charge is 2.23. The maximum Gasteiger partial charge on any atom is 0.342 e. The zero-order chi connectivity index (χ0) is 21.8. The van der Waals surface area contributed by atoms with Crippen LogP contribution in [0, 0.1) is 6.92 Å². The van der Waals surface area contributed by atoms with E-state index in [1.54, 1.807) is 18.2 Å². The van der Waals surface area contributed by atoms with E-state index < -0.39 is 18.5 Å². The van der Waals surface area contributed by atoms with Gasteiger partial charge in [-0.05, 0) is 49.6 Å². The van der Waals surface area contributed by atoms with E-state index in [2.05, 4.69) is 10.2 Å². The highest BCUT2D eigenvalue weighted by atomic mass is 16.5. The Hall–Kier alpha value is -3.61. The molecule has 4 rings (SSSR count). The number of nitrogens with one attached hydrogen (secondary N) is 1. The standard InChI is InChI=1S/C24H25N3O4/c1-16-9-10-21(30-2)20(13-16)25-22(28)15-31-24(29)18-14-17-7-3-4-8-19(17)26-23(18)27-11-5-6-12-27/h3-4,7-10,13-14H,5-6,11-12,15H2,1-2H3,(H,25,28). The third-order valence-corrected chi connectivity index (χ3v) is 5.29. The smallest absolute Gasteiger partial charge is 0.342 e. The van der Waals surface area contributed by atoms with Gasteiger partial charge < -0.3 is 19.7 Å². The molecule has 0 aliphatic carbocycles. The Bertz CT molecular complexity index is 1120. The van der Waals surface area contributed by atoms with Crippen molar-refractivity contribution in [3.8, 4) is 5.75 Å². The van der Waals surface area contributed by atoms with Crippen LogP contribution in [-0.4, -0.2) is 43.7 Å². The minimum absolute atomic E-state index is 0.376. The molecule has 1 saturated heterocycles. The normalized spacial score (nSPS) is 13.3. The van der Waals surface area contributed by atoms with Crippen LogP contribution in [0.2, 0.25) is 0 Å². The second-order valence-electron chi connectivity index (χ2n) is 7.57. The lowest BCUT2D eigenvalue weighted by Gasteiger charge is -2.20. The lowest BCUT2D eigenvalue weighted by molar-refractivity contribution is -0.119. The molecule has 1 amide bonds. The van der Waals surface area contributed by atoms with E-state index in [0.29, 0.717) is 22.8 Å². The third-order valence-electron chi connectivity index (χ3n) is 5.29. The van der Waals surface area contributed by atoms with E-state index in [1.807, 2.05) is 37.3 Å². The molecule has 1 N–H and O–H groups in total. The summed E-state index contributed by atoms with van der Waals surface area (Å²) < 4.78 is 10.6. The Morgan fingerprint density at radius 2 is 1.87 bits per heavy atom. The Morgan fingerprint density at radius 1 is 1.10 bits per heavy atom. The SMILES string of the molecule is COc1ccc(C)cc1NC(=O)COC(=O)c1cc2ccccc2nc1N1CCCC1. The van der Waals surface area contributed by atoms with E-state index in [9.17, 15) is 9.59 Å². The third kappa shape index (κ3) is 4.60. The molecule has 0 saturated carbocycles. The fraction of sp³-hybridized carbons (Fsp3) is 0.292. The van der Waals surface area contributed by atoms with Gasteiger partial charge in [-0.3, -0.25) is 4.79 Å². The average molecular weight is 419 g/mol. The summed E-state index contributed by atoms with van der Waals surface area (Å²) in [5.74, 6) is 0.155. The number of aryl methyl sites for hydroxylation is 1. The summed E-state index contributed by atoms with van der Waals surface area (Å²) in [6.07, 6.45) is 2.12. The predicted molar refractivity (Wildman–Crippen MR) is 120 cm³/mol. The first-order valence-corrected chi connectivity index (χ1v) is 10.3. The molecule has 2 heterocycles. The zero-order valence-electron chi connectivity index (χ0n) is 17.7. The summed E-state index contributed by atoms with van der Waals surface area (Å²) in [5, 5.41) is 3.59. The number of ether oxygens (including phenoxy) is 2. The molecule has 31 heavy (non-hydrogen) atoms. The number of hydrogen-bond donors (Lipinski definition) is 1. The summed E-state index contributed by atoms with van der Waals surface area (Å²) in [7, 11) is 1.53. The van der Waals surface area contributed by atoms with Crippen molar-refractivity contribution in [1.29, 1.82) is 0 Å². The van der Waals surface area contributed by atoms with Crippen molar-refractivity contribution in [3.05, 3.63) is 59.7 Å². The molecular weight excluding hydrogens is 394 g/mol. The molecule has 0 bridgehead atoms. The van der Waals surface area contributed by atoms with E-state index in [1.165, 1.54) is 7.11 Å². The van der Waals surface area contributed by atoms with Gasteiger partial charge >= 0.3 is 5.97 Å². The van der Waals surface area contributed by atoms with Gasteiger partial charge in [0.15, 0.2) is 6.61 Å². The minimum Gasteiger partial charge on any atom is -0.495 e. The molecule has 7 nitrogen and oxygen atoms in total. The first-order chi connectivity index (χ1) is 15.0. The highest BCUT2D eigenvalue weighted by Crippen LogP contribution is 2.28. The number of esters is 1. The number of pyridine rings is 1. The van der Waals surface area contributed by atoms with Crippen molar-refractivity contribution in [2.45, 2.75) is 19.8 Å². The molecule has 3 aromatic rings. The van der Waals surface area contributed by atoms with E-state index in [-0.39, 0.29) is 0 Å². The van der Waals surface area contributed by atoms with Crippen LogP contribution in [0.3, 0.4) is 0 Å². The fourth-order valence-electron chi connectivity index (χ4n) is 3.74.